The maximum atomic E-state index is 10.2. The SMILES string of the molecule is NC(N)=NCCC[C@H](N)C(=O)O.NCC(=O)O.N[C@H](CC(=O)O)C(=O)O. The molecule has 14 heteroatoms. The van der Waals surface area contributed by atoms with Gasteiger partial charge in [0.1, 0.15) is 12.1 Å². The fraction of sp³-hybridized carbons (Fsp3) is 0.583. The first-order valence-electron chi connectivity index (χ1n) is 7.00. The van der Waals surface area contributed by atoms with E-state index in [0.29, 0.717) is 19.4 Å². The summed E-state index contributed by atoms with van der Waals surface area (Å²) in [5.74, 6) is -4.45. The second-order valence-corrected chi connectivity index (χ2v) is 4.53. The third-order valence-electron chi connectivity index (χ3n) is 2.17. The lowest BCUT2D eigenvalue weighted by Gasteiger charge is -2.03. The second kappa shape index (κ2) is 16.9. The number of hydrogen-bond acceptors (Lipinski definition) is 8. The summed E-state index contributed by atoms with van der Waals surface area (Å²) in [6, 6.07) is -2.11. The lowest BCUT2D eigenvalue weighted by Crippen LogP contribution is -2.32. The second-order valence-electron chi connectivity index (χ2n) is 4.53. The van der Waals surface area contributed by atoms with Crippen LogP contribution in [-0.4, -0.2) is 75.4 Å². The molecule has 14 N–H and O–H groups in total. The number of nitrogens with two attached hydrogens (primary N) is 5. The van der Waals surface area contributed by atoms with Crippen LogP contribution in [-0.2, 0) is 19.2 Å². The Labute approximate surface area is 148 Å². The minimum absolute atomic E-state index is 0.0129. The van der Waals surface area contributed by atoms with E-state index in [1.54, 1.807) is 0 Å². The predicted octanol–water partition coefficient (Wildman–Crippen LogP) is -3.65. The predicted molar refractivity (Wildman–Crippen MR) is 90.1 cm³/mol. The molecule has 0 radical (unpaired) electrons. The van der Waals surface area contributed by atoms with E-state index < -0.39 is 42.4 Å². The van der Waals surface area contributed by atoms with E-state index in [4.69, 9.17) is 43.4 Å². The molecule has 0 fully saturated rings. The number of hydrogen-bond donors (Lipinski definition) is 9. The van der Waals surface area contributed by atoms with Crippen LogP contribution in [0.25, 0.3) is 0 Å². The zero-order valence-electron chi connectivity index (χ0n) is 13.9. The van der Waals surface area contributed by atoms with E-state index in [1.807, 2.05) is 0 Å². The Kier molecular flexibility index (Phi) is 18.1. The van der Waals surface area contributed by atoms with Crippen LogP contribution in [0.15, 0.2) is 4.99 Å². The number of guanidine groups is 1. The lowest BCUT2D eigenvalue weighted by atomic mass is 10.2. The van der Waals surface area contributed by atoms with Crippen LogP contribution in [0.2, 0.25) is 0 Å². The molecule has 0 saturated heterocycles. The molecule has 0 aliphatic rings. The average molecular weight is 382 g/mol. The van der Waals surface area contributed by atoms with Crippen LogP contribution >= 0.6 is 0 Å². The molecule has 0 rings (SSSR count). The van der Waals surface area contributed by atoms with E-state index in [0.717, 1.165) is 0 Å². The summed E-state index contributed by atoms with van der Waals surface area (Å²) in [4.78, 5) is 42.8. The third-order valence-corrected chi connectivity index (χ3v) is 2.17. The number of carboxylic acids is 4. The monoisotopic (exact) mass is 382 g/mol. The van der Waals surface area contributed by atoms with Crippen LogP contribution in [0.1, 0.15) is 19.3 Å². The fourth-order valence-electron chi connectivity index (χ4n) is 0.918. The van der Waals surface area contributed by atoms with Gasteiger partial charge in [-0.3, -0.25) is 24.2 Å². The Bertz CT molecular complexity index is 480. The van der Waals surface area contributed by atoms with Gasteiger partial charge in [-0.05, 0) is 12.8 Å². The smallest absolute Gasteiger partial charge is 0.321 e. The lowest BCUT2D eigenvalue weighted by molar-refractivity contribution is -0.144. The third kappa shape index (κ3) is 26.0. The number of nitrogens with zero attached hydrogens (tertiary/aromatic N) is 1. The van der Waals surface area contributed by atoms with Crippen LogP contribution in [0.3, 0.4) is 0 Å². The van der Waals surface area contributed by atoms with Crippen molar-refractivity contribution in [2.45, 2.75) is 31.3 Å². The molecule has 26 heavy (non-hydrogen) atoms. The Balaban J connectivity index is -0.000000333. The summed E-state index contributed by atoms with van der Waals surface area (Å²) in [6.07, 6.45) is 0.423. The summed E-state index contributed by atoms with van der Waals surface area (Å²) >= 11 is 0. The summed E-state index contributed by atoms with van der Waals surface area (Å²) in [5.41, 5.74) is 24.7. The zero-order chi connectivity index (χ0) is 21.3. The topological polar surface area (TPSA) is 292 Å². The average Bonchev–Trinajstić information content (AvgIpc) is 2.51. The van der Waals surface area contributed by atoms with Gasteiger partial charge in [-0.15, -0.1) is 0 Å². The van der Waals surface area contributed by atoms with Crippen molar-refractivity contribution in [2.24, 2.45) is 33.7 Å². The number of carbonyl (C=O) groups is 4. The standard InChI is InChI=1S/C6H14N4O2.C4H7NO4.C2H5NO2/c7-4(5(11)12)2-1-3-10-6(8)9;5-2(4(8)9)1-3(6)7;3-1-2(4)5/h4H,1-3,7H2,(H,11,12)(H4,8,9,10);2H,1,5H2,(H,6,7)(H,8,9);1,3H2,(H,4,5)/t4-;2-;/m01./s1. The molecule has 0 saturated carbocycles. The van der Waals surface area contributed by atoms with Gasteiger partial charge in [0, 0.05) is 6.54 Å². The molecule has 0 bridgehead atoms. The highest BCUT2D eigenvalue weighted by molar-refractivity contribution is 5.80. The molecule has 0 aliphatic heterocycles. The van der Waals surface area contributed by atoms with Crippen molar-refractivity contribution >= 4 is 29.8 Å². The van der Waals surface area contributed by atoms with Crippen LogP contribution in [0.5, 0.6) is 0 Å². The molecule has 0 aromatic heterocycles. The first-order valence-corrected chi connectivity index (χ1v) is 7.00. The molecular formula is C12H26N6O8. The highest BCUT2D eigenvalue weighted by Crippen LogP contribution is 1.94. The van der Waals surface area contributed by atoms with Gasteiger partial charge in [0.25, 0.3) is 0 Å². The van der Waals surface area contributed by atoms with Gasteiger partial charge in [-0.25, -0.2) is 0 Å². The number of aliphatic imine (C=N–C) groups is 1. The summed E-state index contributed by atoms with van der Waals surface area (Å²) in [5, 5.41) is 32.0. The quantitative estimate of drug-likeness (QED) is 0.106. The van der Waals surface area contributed by atoms with Gasteiger partial charge < -0.3 is 49.1 Å². The first kappa shape index (κ1) is 27.9. The Morgan fingerprint density at radius 3 is 1.50 bits per heavy atom. The van der Waals surface area contributed by atoms with Crippen molar-refractivity contribution < 1.29 is 39.6 Å². The highest BCUT2D eigenvalue weighted by Gasteiger charge is 2.14. The Morgan fingerprint density at radius 1 is 0.846 bits per heavy atom. The minimum Gasteiger partial charge on any atom is -0.481 e. The van der Waals surface area contributed by atoms with E-state index in [-0.39, 0.29) is 12.5 Å². The van der Waals surface area contributed by atoms with Gasteiger partial charge in [0.05, 0.1) is 13.0 Å². The van der Waals surface area contributed by atoms with Crippen molar-refractivity contribution in [2.75, 3.05) is 13.1 Å². The van der Waals surface area contributed by atoms with Gasteiger partial charge in [-0.1, -0.05) is 0 Å². The molecule has 0 aromatic carbocycles. The molecule has 14 nitrogen and oxygen atoms in total. The normalized spacial score (nSPS) is 11.3. The molecule has 0 aliphatic carbocycles. The molecule has 2 atom stereocenters. The van der Waals surface area contributed by atoms with Crippen LogP contribution < -0.4 is 28.7 Å². The van der Waals surface area contributed by atoms with Gasteiger partial charge in [0.15, 0.2) is 5.96 Å². The molecule has 0 spiro atoms. The summed E-state index contributed by atoms with van der Waals surface area (Å²) in [7, 11) is 0. The molecule has 0 heterocycles. The Morgan fingerprint density at radius 2 is 1.27 bits per heavy atom. The van der Waals surface area contributed by atoms with Crippen LogP contribution in [0, 0.1) is 0 Å². The van der Waals surface area contributed by atoms with Crippen molar-refractivity contribution in [1.82, 2.24) is 0 Å². The number of aliphatic carboxylic acids is 4. The highest BCUT2D eigenvalue weighted by atomic mass is 16.4. The minimum atomic E-state index is -1.29. The maximum Gasteiger partial charge on any atom is 0.321 e. The first-order chi connectivity index (χ1) is 11.8. The molecule has 152 valence electrons. The van der Waals surface area contributed by atoms with E-state index >= 15 is 0 Å². The number of carboxylic acid groups (broad SMARTS) is 4. The van der Waals surface area contributed by atoms with Gasteiger partial charge in [-0.2, -0.15) is 0 Å². The largest absolute Gasteiger partial charge is 0.481 e. The molecule has 0 amide bonds. The molecule has 0 aromatic rings. The van der Waals surface area contributed by atoms with Crippen molar-refractivity contribution in [3.63, 3.8) is 0 Å². The summed E-state index contributed by atoms with van der Waals surface area (Å²) < 4.78 is 0. The van der Waals surface area contributed by atoms with Crippen LogP contribution in [0.4, 0.5) is 0 Å². The van der Waals surface area contributed by atoms with Crippen molar-refractivity contribution in [3.8, 4) is 0 Å². The van der Waals surface area contributed by atoms with Gasteiger partial charge >= 0.3 is 23.9 Å². The molecular weight excluding hydrogens is 356 g/mol. The van der Waals surface area contributed by atoms with Crippen molar-refractivity contribution in [3.05, 3.63) is 0 Å². The van der Waals surface area contributed by atoms with Gasteiger partial charge in [0.2, 0.25) is 0 Å². The van der Waals surface area contributed by atoms with E-state index in [1.165, 1.54) is 0 Å². The zero-order valence-corrected chi connectivity index (χ0v) is 13.9. The summed E-state index contributed by atoms with van der Waals surface area (Å²) in [6.45, 7) is 0.142. The molecule has 0 unspecified atom stereocenters. The number of rotatable bonds is 9. The van der Waals surface area contributed by atoms with Crippen molar-refractivity contribution in [1.29, 1.82) is 0 Å². The van der Waals surface area contributed by atoms with E-state index in [9.17, 15) is 19.2 Å². The van der Waals surface area contributed by atoms with E-state index in [2.05, 4.69) is 10.7 Å². The maximum absolute atomic E-state index is 10.2. The Hall–Kier alpha value is -2.97. The fourth-order valence-corrected chi connectivity index (χ4v) is 0.918.